The molecule has 1 aliphatic rings. The van der Waals surface area contributed by atoms with Crippen LogP contribution in [0.25, 0.3) is 11.3 Å². The minimum absolute atomic E-state index is 0.0590. The first-order valence-electron chi connectivity index (χ1n) is 8.91. The fraction of sp³-hybridized carbons (Fsp3) is 0.429. The Morgan fingerprint density at radius 2 is 1.83 bits per heavy atom. The summed E-state index contributed by atoms with van der Waals surface area (Å²) in [7, 11) is 0. The molecule has 0 unspecified atom stereocenters. The predicted octanol–water partition coefficient (Wildman–Crippen LogP) is 4.74. The molecule has 0 radical (unpaired) electrons. The minimum Gasteiger partial charge on any atom is -0.337 e. The van der Waals surface area contributed by atoms with E-state index in [1.54, 1.807) is 0 Å². The molecule has 1 saturated heterocycles. The van der Waals surface area contributed by atoms with E-state index >= 15 is 0 Å². The first-order valence-corrected chi connectivity index (χ1v) is 8.91. The number of piperidine rings is 1. The number of hydrogen-bond acceptors (Lipinski definition) is 2. The highest BCUT2D eigenvalue weighted by Crippen LogP contribution is 2.23. The van der Waals surface area contributed by atoms with Crippen LogP contribution >= 0.6 is 0 Å². The van der Waals surface area contributed by atoms with E-state index < -0.39 is 0 Å². The summed E-state index contributed by atoms with van der Waals surface area (Å²) < 4.78 is 0. The highest BCUT2D eigenvalue weighted by Gasteiger charge is 2.22. The molecule has 1 amide bonds. The topological polar surface area (TPSA) is 33.2 Å². The smallest absolute Gasteiger partial charge is 0.272 e. The van der Waals surface area contributed by atoms with E-state index in [4.69, 9.17) is 0 Å². The maximum atomic E-state index is 12.7. The van der Waals surface area contributed by atoms with Crippen molar-refractivity contribution < 1.29 is 4.79 Å². The molecule has 0 atom stereocenters. The van der Waals surface area contributed by atoms with Crippen molar-refractivity contribution in [1.29, 1.82) is 0 Å². The lowest BCUT2D eigenvalue weighted by Gasteiger charge is -2.30. The Morgan fingerprint density at radius 1 is 1.12 bits per heavy atom. The maximum absolute atomic E-state index is 12.7. The zero-order chi connectivity index (χ0) is 17.1. The molecule has 0 saturated carbocycles. The van der Waals surface area contributed by atoms with Crippen LogP contribution in [0.4, 0.5) is 0 Å². The van der Waals surface area contributed by atoms with E-state index in [1.807, 2.05) is 23.1 Å². The average Bonchev–Trinajstić information content (AvgIpc) is 2.62. The summed E-state index contributed by atoms with van der Waals surface area (Å²) in [5, 5.41) is 0. The molecule has 1 aliphatic heterocycles. The predicted molar refractivity (Wildman–Crippen MR) is 98.1 cm³/mol. The molecule has 0 aliphatic carbocycles. The fourth-order valence-electron chi connectivity index (χ4n) is 3.15. The first kappa shape index (κ1) is 16.7. The van der Waals surface area contributed by atoms with Crippen LogP contribution in [0.1, 0.15) is 55.6 Å². The number of carbonyl (C=O) groups excluding carboxylic acids is 1. The van der Waals surface area contributed by atoms with Gasteiger partial charge in [0.2, 0.25) is 0 Å². The van der Waals surface area contributed by atoms with Crippen LogP contribution in [0.3, 0.4) is 0 Å². The summed E-state index contributed by atoms with van der Waals surface area (Å²) in [6, 6.07) is 14.2. The Hall–Kier alpha value is -2.16. The van der Waals surface area contributed by atoms with Crippen molar-refractivity contribution in [2.45, 2.75) is 39.5 Å². The molecule has 24 heavy (non-hydrogen) atoms. The van der Waals surface area contributed by atoms with Crippen LogP contribution < -0.4 is 0 Å². The Balaban J connectivity index is 1.84. The largest absolute Gasteiger partial charge is 0.337 e. The van der Waals surface area contributed by atoms with E-state index in [1.165, 1.54) is 5.56 Å². The average molecular weight is 322 g/mol. The quantitative estimate of drug-likeness (QED) is 0.817. The number of aromatic nitrogens is 1. The molecule has 0 N–H and O–H groups in total. The SMILES string of the molecule is CC1CCN(C(=O)c2cccc(-c3cccc(C(C)C)c3)n2)CC1. The van der Waals surface area contributed by atoms with Gasteiger partial charge in [-0.3, -0.25) is 4.79 Å². The number of hydrogen-bond donors (Lipinski definition) is 0. The lowest BCUT2D eigenvalue weighted by molar-refractivity contribution is 0.0691. The molecule has 3 rings (SSSR count). The van der Waals surface area contributed by atoms with Gasteiger partial charge in [-0.25, -0.2) is 4.98 Å². The van der Waals surface area contributed by atoms with Gasteiger partial charge in [0.15, 0.2) is 0 Å². The zero-order valence-corrected chi connectivity index (χ0v) is 14.8. The summed E-state index contributed by atoms with van der Waals surface area (Å²) >= 11 is 0. The van der Waals surface area contributed by atoms with Crippen molar-refractivity contribution in [3.63, 3.8) is 0 Å². The van der Waals surface area contributed by atoms with E-state index in [2.05, 4.69) is 50.0 Å². The van der Waals surface area contributed by atoms with Gasteiger partial charge in [-0.1, -0.05) is 45.0 Å². The van der Waals surface area contributed by atoms with Crippen LogP contribution in [0.2, 0.25) is 0 Å². The fourth-order valence-corrected chi connectivity index (χ4v) is 3.15. The maximum Gasteiger partial charge on any atom is 0.272 e. The van der Waals surface area contributed by atoms with E-state index in [0.29, 0.717) is 17.5 Å². The summed E-state index contributed by atoms with van der Waals surface area (Å²) in [6.07, 6.45) is 2.17. The monoisotopic (exact) mass is 322 g/mol. The normalized spacial score (nSPS) is 15.8. The summed E-state index contributed by atoms with van der Waals surface area (Å²) in [5.41, 5.74) is 3.78. The summed E-state index contributed by atoms with van der Waals surface area (Å²) in [4.78, 5) is 19.3. The molecule has 2 heterocycles. The number of likely N-dealkylation sites (tertiary alicyclic amines) is 1. The first-order chi connectivity index (χ1) is 11.5. The summed E-state index contributed by atoms with van der Waals surface area (Å²) in [6.45, 7) is 8.31. The van der Waals surface area contributed by atoms with Crippen LogP contribution in [-0.2, 0) is 0 Å². The van der Waals surface area contributed by atoms with Crippen molar-refractivity contribution in [1.82, 2.24) is 9.88 Å². The van der Waals surface area contributed by atoms with Crippen molar-refractivity contribution in [2.24, 2.45) is 5.92 Å². The van der Waals surface area contributed by atoms with Gasteiger partial charge >= 0.3 is 0 Å². The number of pyridine rings is 1. The Bertz CT molecular complexity index is 715. The Morgan fingerprint density at radius 3 is 2.54 bits per heavy atom. The lowest BCUT2D eigenvalue weighted by Crippen LogP contribution is -2.38. The highest BCUT2D eigenvalue weighted by molar-refractivity contribution is 5.93. The molecule has 3 heteroatoms. The molecule has 2 aromatic rings. The van der Waals surface area contributed by atoms with Crippen LogP contribution in [0.5, 0.6) is 0 Å². The van der Waals surface area contributed by atoms with Gasteiger partial charge in [0.25, 0.3) is 5.91 Å². The third-order valence-electron chi connectivity index (χ3n) is 4.89. The van der Waals surface area contributed by atoms with Crippen LogP contribution in [0, 0.1) is 5.92 Å². The molecule has 1 aromatic heterocycles. The van der Waals surface area contributed by atoms with Crippen molar-refractivity contribution >= 4 is 5.91 Å². The van der Waals surface area contributed by atoms with Gasteiger partial charge in [0.05, 0.1) is 5.69 Å². The third kappa shape index (κ3) is 3.66. The molecule has 1 fully saturated rings. The molecular formula is C21H26N2O. The van der Waals surface area contributed by atoms with Crippen molar-refractivity contribution in [3.05, 3.63) is 53.7 Å². The zero-order valence-electron chi connectivity index (χ0n) is 14.8. The molecule has 0 spiro atoms. The van der Waals surface area contributed by atoms with Gasteiger partial charge in [-0.2, -0.15) is 0 Å². The number of amides is 1. The van der Waals surface area contributed by atoms with Crippen molar-refractivity contribution in [2.75, 3.05) is 13.1 Å². The highest BCUT2D eigenvalue weighted by atomic mass is 16.2. The Labute approximate surface area is 144 Å². The number of nitrogens with zero attached hydrogens (tertiary/aromatic N) is 2. The summed E-state index contributed by atoms with van der Waals surface area (Å²) in [5.74, 6) is 1.25. The van der Waals surface area contributed by atoms with Gasteiger partial charge in [-0.05, 0) is 48.4 Å². The molecule has 126 valence electrons. The molecule has 1 aromatic carbocycles. The van der Waals surface area contributed by atoms with Gasteiger partial charge in [0.1, 0.15) is 5.69 Å². The van der Waals surface area contributed by atoms with Gasteiger partial charge in [-0.15, -0.1) is 0 Å². The van der Waals surface area contributed by atoms with Crippen LogP contribution in [0.15, 0.2) is 42.5 Å². The standard InChI is InChI=1S/C21H26N2O/c1-15(2)17-6-4-7-18(14-17)19-8-5-9-20(22-19)21(24)23-12-10-16(3)11-13-23/h4-9,14-16H,10-13H2,1-3H3. The lowest BCUT2D eigenvalue weighted by atomic mass is 9.98. The second kappa shape index (κ2) is 7.16. The minimum atomic E-state index is 0.0590. The second-order valence-electron chi connectivity index (χ2n) is 7.16. The molecular weight excluding hydrogens is 296 g/mol. The third-order valence-corrected chi connectivity index (χ3v) is 4.89. The molecule has 0 bridgehead atoms. The number of carbonyl (C=O) groups is 1. The second-order valence-corrected chi connectivity index (χ2v) is 7.16. The Kier molecular flexibility index (Phi) is 4.98. The number of benzene rings is 1. The van der Waals surface area contributed by atoms with E-state index in [0.717, 1.165) is 37.2 Å². The van der Waals surface area contributed by atoms with E-state index in [-0.39, 0.29) is 5.91 Å². The van der Waals surface area contributed by atoms with Gasteiger partial charge < -0.3 is 4.90 Å². The molecule has 3 nitrogen and oxygen atoms in total. The van der Waals surface area contributed by atoms with Crippen molar-refractivity contribution in [3.8, 4) is 11.3 Å². The van der Waals surface area contributed by atoms with E-state index in [9.17, 15) is 4.79 Å². The van der Waals surface area contributed by atoms with Gasteiger partial charge in [0, 0.05) is 18.7 Å². The van der Waals surface area contributed by atoms with Crippen LogP contribution in [-0.4, -0.2) is 28.9 Å². The number of rotatable bonds is 3.